The molecule has 0 saturated carbocycles. The SMILES string of the molecule is CCc1cc(-c2ccc(-c3ccc(-c4ccc(C)c5ccccc45)c(CC)c3)o2)ccc1-c1ccc(C)c2ccccc12. The van der Waals surface area contributed by atoms with Crippen molar-refractivity contribution >= 4 is 21.5 Å². The van der Waals surface area contributed by atoms with E-state index < -0.39 is 0 Å². The quantitative estimate of drug-likeness (QED) is 0.198. The number of aryl methyl sites for hydroxylation is 4. The summed E-state index contributed by atoms with van der Waals surface area (Å²) < 4.78 is 6.52. The Kier molecular flexibility index (Phi) is 6.95. The zero-order valence-corrected chi connectivity index (χ0v) is 25.4. The molecule has 210 valence electrons. The van der Waals surface area contributed by atoms with Gasteiger partial charge in [-0.2, -0.15) is 0 Å². The Labute approximate surface area is 254 Å². The van der Waals surface area contributed by atoms with E-state index in [1.165, 1.54) is 66.1 Å². The number of hydrogen-bond acceptors (Lipinski definition) is 1. The lowest BCUT2D eigenvalue weighted by atomic mass is 9.90. The maximum Gasteiger partial charge on any atom is 0.134 e. The highest BCUT2D eigenvalue weighted by atomic mass is 16.3. The summed E-state index contributed by atoms with van der Waals surface area (Å²) in [6.07, 6.45) is 1.90. The molecular formula is C42H36O. The summed E-state index contributed by atoms with van der Waals surface area (Å²) >= 11 is 0. The lowest BCUT2D eigenvalue weighted by molar-refractivity contribution is 0.597. The van der Waals surface area contributed by atoms with Crippen LogP contribution in [0.2, 0.25) is 0 Å². The van der Waals surface area contributed by atoms with Gasteiger partial charge in [-0.05, 0) is 117 Å². The van der Waals surface area contributed by atoms with Gasteiger partial charge in [0.2, 0.25) is 0 Å². The smallest absolute Gasteiger partial charge is 0.134 e. The van der Waals surface area contributed by atoms with E-state index >= 15 is 0 Å². The number of rotatable bonds is 6. The normalized spacial score (nSPS) is 11.4. The molecular weight excluding hydrogens is 520 g/mol. The molecule has 7 aromatic rings. The van der Waals surface area contributed by atoms with Crippen molar-refractivity contribution in [3.8, 4) is 44.9 Å². The summed E-state index contributed by atoms with van der Waals surface area (Å²) in [5.41, 5.74) is 12.7. The summed E-state index contributed by atoms with van der Waals surface area (Å²) in [6.45, 7) is 8.84. The summed E-state index contributed by atoms with van der Waals surface area (Å²) in [7, 11) is 0. The molecule has 0 N–H and O–H groups in total. The van der Waals surface area contributed by atoms with Gasteiger partial charge in [-0.15, -0.1) is 0 Å². The molecule has 43 heavy (non-hydrogen) atoms. The molecule has 0 aliphatic carbocycles. The Morgan fingerprint density at radius 3 is 1.23 bits per heavy atom. The number of fused-ring (bicyclic) bond motifs is 2. The number of benzene rings is 6. The van der Waals surface area contributed by atoms with Crippen LogP contribution >= 0.6 is 0 Å². The molecule has 0 fully saturated rings. The van der Waals surface area contributed by atoms with E-state index in [0.29, 0.717) is 0 Å². The molecule has 7 rings (SSSR count). The van der Waals surface area contributed by atoms with Gasteiger partial charge in [0.1, 0.15) is 11.5 Å². The summed E-state index contributed by atoms with van der Waals surface area (Å²) in [5, 5.41) is 5.24. The third kappa shape index (κ3) is 4.76. The minimum Gasteiger partial charge on any atom is -0.456 e. The fourth-order valence-corrected chi connectivity index (χ4v) is 6.62. The highest BCUT2D eigenvalue weighted by Crippen LogP contribution is 2.38. The minimum atomic E-state index is 0.900. The number of hydrogen-bond donors (Lipinski definition) is 0. The monoisotopic (exact) mass is 556 g/mol. The molecule has 6 aromatic carbocycles. The maximum absolute atomic E-state index is 6.52. The standard InChI is InChI=1S/C42H36O/c1-5-29-25-31(17-21-35(29)39-19-15-27(3)33-11-7-9-13-37(33)39)41-23-24-42(43-41)32-18-22-36(30(6-2)26-32)40-20-16-28(4)34-12-8-10-14-38(34)40/h7-26H,5-6H2,1-4H3. The minimum absolute atomic E-state index is 0.900. The first-order chi connectivity index (χ1) is 21.1. The molecule has 0 saturated heterocycles. The second-order valence-electron chi connectivity index (χ2n) is 11.6. The molecule has 0 aliphatic rings. The highest BCUT2D eigenvalue weighted by molar-refractivity contribution is 6.00. The van der Waals surface area contributed by atoms with Gasteiger partial charge in [-0.3, -0.25) is 0 Å². The largest absolute Gasteiger partial charge is 0.456 e. The van der Waals surface area contributed by atoms with Gasteiger partial charge in [0.05, 0.1) is 0 Å². The van der Waals surface area contributed by atoms with Crippen molar-refractivity contribution in [2.45, 2.75) is 40.5 Å². The average Bonchev–Trinajstić information content (AvgIpc) is 3.56. The summed E-state index contributed by atoms with van der Waals surface area (Å²) in [5.74, 6) is 1.80. The first kappa shape index (κ1) is 27.0. The van der Waals surface area contributed by atoms with E-state index in [0.717, 1.165) is 35.5 Å². The van der Waals surface area contributed by atoms with Gasteiger partial charge >= 0.3 is 0 Å². The zero-order chi connectivity index (χ0) is 29.5. The third-order valence-corrected chi connectivity index (χ3v) is 9.01. The molecule has 0 unspecified atom stereocenters. The molecule has 0 aliphatic heterocycles. The van der Waals surface area contributed by atoms with Crippen LogP contribution in [0.5, 0.6) is 0 Å². The van der Waals surface area contributed by atoms with Crippen molar-refractivity contribution in [2.24, 2.45) is 0 Å². The van der Waals surface area contributed by atoms with E-state index in [4.69, 9.17) is 4.42 Å². The third-order valence-electron chi connectivity index (χ3n) is 9.01. The van der Waals surface area contributed by atoms with Crippen molar-refractivity contribution in [3.05, 3.63) is 144 Å². The van der Waals surface area contributed by atoms with Crippen LogP contribution < -0.4 is 0 Å². The Balaban J connectivity index is 1.24. The highest BCUT2D eigenvalue weighted by Gasteiger charge is 2.15. The van der Waals surface area contributed by atoms with E-state index in [1.807, 2.05) is 0 Å². The molecule has 0 bridgehead atoms. The van der Waals surface area contributed by atoms with E-state index in [-0.39, 0.29) is 0 Å². The van der Waals surface area contributed by atoms with Crippen LogP contribution in [0.1, 0.15) is 36.1 Å². The maximum atomic E-state index is 6.52. The predicted molar refractivity (Wildman–Crippen MR) is 184 cm³/mol. The molecule has 1 heterocycles. The van der Waals surface area contributed by atoms with Crippen LogP contribution in [0.4, 0.5) is 0 Å². The molecule has 0 spiro atoms. The second-order valence-corrected chi connectivity index (χ2v) is 11.6. The number of furan rings is 1. The molecule has 1 nitrogen and oxygen atoms in total. The lowest BCUT2D eigenvalue weighted by Gasteiger charge is -2.14. The van der Waals surface area contributed by atoms with Crippen molar-refractivity contribution in [1.29, 1.82) is 0 Å². The zero-order valence-electron chi connectivity index (χ0n) is 25.4. The fourth-order valence-electron chi connectivity index (χ4n) is 6.62. The summed E-state index contributed by atoms with van der Waals surface area (Å²) in [4.78, 5) is 0. The average molecular weight is 557 g/mol. The first-order valence-electron chi connectivity index (χ1n) is 15.4. The van der Waals surface area contributed by atoms with Crippen LogP contribution in [0.3, 0.4) is 0 Å². The Hall–Kier alpha value is -4.88. The van der Waals surface area contributed by atoms with E-state index in [1.54, 1.807) is 0 Å². The molecule has 0 radical (unpaired) electrons. The van der Waals surface area contributed by atoms with Crippen molar-refractivity contribution in [3.63, 3.8) is 0 Å². The Bertz CT molecular complexity index is 1970. The molecule has 0 atom stereocenters. The first-order valence-corrected chi connectivity index (χ1v) is 15.4. The Morgan fingerprint density at radius 2 is 0.814 bits per heavy atom. The topological polar surface area (TPSA) is 13.1 Å². The van der Waals surface area contributed by atoms with Crippen molar-refractivity contribution in [1.82, 2.24) is 0 Å². The van der Waals surface area contributed by atoms with Gasteiger partial charge < -0.3 is 4.42 Å². The second kappa shape index (κ2) is 11.1. The van der Waals surface area contributed by atoms with Crippen LogP contribution in [-0.2, 0) is 12.8 Å². The fraction of sp³-hybridized carbons (Fsp3) is 0.143. The lowest BCUT2D eigenvalue weighted by Crippen LogP contribution is -1.92. The van der Waals surface area contributed by atoms with Crippen LogP contribution in [0.15, 0.2) is 126 Å². The van der Waals surface area contributed by atoms with Crippen LogP contribution in [0.25, 0.3) is 66.4 Å². The van der Waals surface area contributed by atoms with Gasteiger partial charge in [0, 0.05) is 11.1 Å². The molecule has 1 aromatic heterocycles. The van der Waals surface area contributed by atoms with E-state index in [2.05, 4.69) is 149 Å². The van der Waals surface area contributed by atoms with Gasteiger partial charge in [-0.1, -0.05) is 111 Å². The van der Waals surface area contributed by atoms with Crippen LogP contribution in [-0.4, -0.2) is 0 Å². The van der Waals surface area contributed by atoms with Gasteiger partial charge in [0.15, 0.2) is 0 Å². The van der Waals surface area contributed by atoms with Crippen molar-refractivity contribution in [2.75, 3.05) is 0 Å². The summed E-state index contributed by atoms with van der Waals surface area (Å²) in [6, 6.07) is 44.2. The van der Waals surface area contributed by atoms with Gasteiger partial charge in [-0.25, -0.2) is 0 Å². The van der Waals surface area contributed by atoms with E-state index in [9.17, 15) is 0 Å². The molecule has 0 amide bonds. The van der Waals surface area contributed by atoms with Crippen LogP contribution in [0, 0.1) is 13.8 Å². The molecule has 1 heteroatoms. The van der Waals surface area contributed by atoms with Crippen molar-refractivity contribution < 1.29 is 4.42 Å². The van der Waals surface area contributed by atoms with Gasteiger partial charge in [0.25, 0.3) is 0 Å². The Morgan fingerprint density at radius 1 is 0.419 bits per heavy atom. The predicted octanol–water partition coefficient (Wildman–Crippen LogP) is 12.0.